The van der Waals surface area contributed by atoms with Crippen LogP contribution in [0.4, 0.5) is 0 Å². The number of carbonyl (C=O) groups excluding carboxylic acids is 1. The van der Waals surface area contributed by atoms with Gasteiger partial charge in [-0.15, -0.1) is 0 Å². The predicted octanol–water partition coefficient (Wildman–Crippen LogP) is 1.01. The summed E-state index contributed by atoms with van der Waals surface area (Å²) in [6.07, 6.45) is 1.05. The highest BCUT2D eigenvalue weighted by Crippen LogP contribution is 2.11. The van der Waals surface area contributed by atoms with Gasteiger partial charge in [0.25, 0.3) is 0 Å². The number of nitrogens with zero attached hydrogens (tertiary/aromatic N) is 1. The van der Waals surface area contributed by atoms with Crippen molar-refractivity contribution in [1.82, 2.24) is 10.2 Å². The summed E-state index contributed by atoms with van der Waals surface area (Å²) in [5, 5.41) is 3.28. The smallest absolute Gasteiger partial charge is 0.248 e. The normalized spacial score (nSPS) is 21.1. The first-order valence-corrected chi connectivity index (χ1v) is 6.08. The van der Waals surface area contributed by atoms with Crippen molar-refractivity contribution in [3.8, 4) is 0 Å². The maximum absolute atomic E-state index is 12.0. The van der Waals surface area contributed by atoms with Crippen molar-refractivity contribution < 1.29 is 9.53 Å². The van der Waals surface area contributed by atoms with Gasteiger partial charge in [-0.25, -0.2) is 0 Å². The second-order valence-corrected chi connectivity index (χ2v) is 5.23. The summed E-state index contributed by atoms with van der Waals surface area (Å²) in [5.74, 6) is 0.103. The quantitative estimate of drug-likeness (QED) is 0.781. The highest BCUT2D eigenvalue weighted by molar-refractivity contribution is 5.77. The Hall–Kier alpha value is -0.610. The zero-order valence-electron chi connectivity index (χ0n) is 10.9. The number of amides is 1. The van der Waals surface area contributed by atoms with Gasteiger partial charge >= 0.3 is 0 Å². The third kappa shape index (κ3) is 4.10. The molecule has 0 aromatic heterocycles. The Morgan fingerprint density at radius 3 is 2.62 bits per heavy atom. The van der Waals surface area contributed by atoms with Crippen LogP contribution in [0.25, 0.3) is 0 Å². The van der Waals surface area contributed by atoms with Crippen LogP contribution in [0, 0.1) is 0 Å². The number of hydrogen-bond donors (Lipinski definition) is 1. The van der Waals surface area contributed by atoms with E-state index in [9.17, 15) is 4.79 Å². The standard InChI is InChI=1S/C12H24N2O2/c1-5-14(10-6-7-13-8-10)11(15)9-16-12(2,3)4/h10,13H,5-9H2,1-4H3. The molecule has 94 valence electrons. The van der Waals surface area contributed by atoms with Crippen molar-refractivity contribution in [1.29, 1.82) is 0 Å². The summed E-state index contributed by atoms with van der Waals surface area (Å²) < 4.78 is 5.52. The molecule has 0 spiro atoms. The zero-order chi connectivity index (χ0) is 12.2. The van der Waals surface area contributed by atoms with Gasteiger partial charge in [0.05, 0.1) is 5.60 Å². The molecule has 1 unspecified atom stereocenters. The van der Waals surface area contributed by atoms with E-state index in [1.54, 1.807) is 0 Å². The zero-order valence-corrected chi connectivity index (χ0v) is 10.9. The lowest BCUT2D eigenvalue weighted by atomic mass is 10.2. The molecule has 1 aliphatic heterocycles. The maximum atomic E-state index is 12.0. The van der Waals surface area contributed by atoms with Gasteiger partial charge in [-0.3, -0.25) is 4.79 Å². The summed E-state index contributed by atoms with van der Waals surface area (Å²) in [4.78, 5) is 13.9. The molecule has 1 rings (SSSR count). The van der Waals surface area contributed by atoms with Crippen molar-refractivity contribution in [2.75, 3.05) is 26.2 Å². The SMILES string of the molecule is CCN(C(=O)COC(C)(C)C)C1CCNC1. The van der Waals surface area contributed by atoms with Crippen LogP contribution in [0.2, 0.25) is 0 Å². The molecule has 0 aliphatic carbocycles. The van der Waals surface area contributed by atoms with Crippen molar-refractivity contribution in [2.24, 2.45) is 0 Å². The highest BCUT2D eigenvalue weighted by Gasteiger charge is 2.26. The second-order valence-electron chi connectivity index (χ2n) is 5.23. The average Bonchev–Trinajstić information content (AvgIpc) is 2.68. The summed E-state index contributed by atoms with van der Waals surface area (Å²) in [6, 6.07) is 0.348. The maximum Gasteiger partial charge on any atom is 0.248 e. The monoisotopic (exact) mass is 228 g/mol. The van der Waals surface area contributed by atoms with E-state index < -0.39 is 0 Å². The summed E-state index contributed by atoms with van der Waals surface area (Å²) in [7, 11) is 0. The Bertz CT molecular complexity index is 230. The Kier molecular flexibility index (Phi) is 4.74. The predicted molar refractivity (Wildman–Crippen MR) is 64.4 cm³/mol. The van der Waals surface area contributed by atoms with E-state index in [4.69, 9.17) is 4.74 Å². The first kappa shape index (κ1) is 13.5. The fourth-order valence-electron chi connectivity index (χ4n) is 1.90. The molecule has 1 aliphatic rings. The van der Waals surface area contributed by atoms with Gasteiger partial charge in [-0.2, -0.15) is 0 Å². The third-order valence-electron chi connectivity index (χ3n) is 2.76. The Morgan fingerprint density at radius 1 is 1.50 bits per heavy atom. The molecule has 4 nitrogen and oxygen atoms in total. The lowest BCUT2D eigenvalue weighted by Gasteiger charge is -2.28. The lowest BCUT2D eigenvalue weighted by Crippen LogP contribution is -2.44. The van der Waals surface area contributed by atoms with Gasteiger partial charge in [0, 0.05) is 19.1 Å². The molecule has 4 heteroatoms. The molecule has 0 aromatic rings. The van der Waals surface area contributed by atoms with Crippen LogP contribution in [0.1, 0.15) is 34.1 Å². The lowest BCUT2D eigenvalue weighted by molar-refractivity contribution is -0.142. The molecule has 1 heterocycles. The van der Waals surface area contributed by atoms with E-state index in [0.717, 1.165) is 26.1 Å². The Balaban J connectivity index is 2.43. The van der Waals surface area contributed by atoms with Gasteiger partial charge in [0.2, 0.25) is 5.91 Å². The number of likely N-dealkylation sites (N-methyl/N-ethyl adjacent to an activating group) is 1. The minimum Gasteiger partial charge on any atom is -0.366 e. The van der Waals surface area contributed by atoms with E-state index in [0.29, 0.717) is 6.04 Å². The molecule has 0 saturated carbocycles. The van der Waals surface area contributed by atoms with Crippen LogP contribution in [-0.4, -0.2) is 48.7 Å². The largest absolute Gasteiger partial charge is 0.366 e. The van der Waals surface area contributed by atoms with Crippen molar-refractivity contribution >= 4 is 5.91 Å². The molecular formula is C12H24N2O2. The van der Waals surface area contributed by atoms with Gasteiger partial charge < -0.3 is 15.0 Å². The fourth-order valence-corrected chi connectivity index (χ4v) is 1.90. The number of hydrogen-bond acceptors (Lipinski definition) is 3. The molecule has 0 bridgehead atoms. The molecule has 1 fully saturated rings. The number of rotatable bonds is 4. The average molecular weight is 228 g/mol. The van der Waals surface area contributed by atoms with Crippen molar-refractivity contribution in [2.45, 2.75) is 45.8 Å². The molecule has 0 radical (unpaired) electrons. The van der Waals surface area contributed by atoms with Crippen LogP contribution in [0.3, 0.4) is 0 Å². The minimum atomic E-state index is -0.247. The first-order chi connectivity index (χ1) is 7.44. The van der Waals surface area contributed by atoms with Gasteiger partial charge in [0.15, 0.2) is 0 Å². The van der Waals surface area contributed by atoms with Crippen LogP contribution in [0.5, 0.6) is 0 Å². The van der Waals surface area contributed by atoms with E-state index in [1.807, 2.05) is 32.6 Å². The minimum absolute atomic E-state index is 0.103. The van der Waals surface area contributed by atoms with Gasteiger partial charge in [-0.1, -0.05) is 0 Å². The molecule has 1 atom stereocenters. The topological polar surface area (TPSA) is 41.6 Å². The third-order valence-corrected chi connectivity index (χ3v) is 2.76. The molecule has 0 aromatic carbocycles. The van der Waals surface area contributed by atoms with Crippen LogP contribution < -0.4 is 5.32 Å². The fraction of sp³-hybridized carbons (Fsp3) is 0.917. The molecular weight excluding hydrogens is 204 g/mol. The number of nitrogens with one attached hydrogen (secondary N) is 1. The highest BCUT2D eigenvalue weighted by atomic mass is 16.5. The van der Waals surface area contributed by atoms with Crippen LogP contribution in [0.15, 0.2) is 0 Å². The van der Waals surface area contributed by atoms with E-state index in [1.165, 1.54) is 0 Å². The summed E-state index contributed by atoms with van der Waals surface area (Å²) in [6.45, 7) is 10.8. The summed E-state index contributed by atoms with van der Waals surface area (Å²) in [5.41, 5.74) is -0.247. The second kappa shape index (κ2) is 5.64. The van der Waals surface area contributed by atoms with Gasteiger partial charge in [-0.05, 0) is 40.7 Å². The molecule has 1 amide bonds. The van der Waals surface area contributed by atoms with Gasteiger partial charge in [0.1, 0.15) is 6.61 Å². The Morgan fingerprint density at radius 2 is 2.19 bits per heavy atom. The number of ether oxygens (including phenoxy) is 1. The first-order valence-electron chi connectivity index (χ1n) is 6.08. The Labute approximate surface area is 98.3 Å². The number of carbonyl (C=O) groups is 1. The van der Waals surface area contributed by atoms with Crippen LogP contribution >= 0.6 is 0 Å². The molecule has 16 heavy (non-hydrogen) atoms. The van der Waals surface area contributed by atoms with Crippen LogP contribution in [-0.2, 0) is 9.53 Å². The van der Waals surface area contributed by atoms with Crippen molar-refractivity contribution in [3.63, 3.8) is 0 Å². The molecule has 1 saturated heterocycles. The molecule has 1 N–H and O–H groups in total. The van der Waals surface area contributed by atoms with E-state index >= 15 is 0 Å². The summed E-state index contributed by atoms with van der Waals surface area (Å²) >= 11 is 0. The van der Waals surface area contributed by atoms with E-state index in [-0.39, 0.29) is 18.1 Å². The van der Waals surface area contributed by atoms with Crippen molar-refractivity contribution in [3.05, 3.63) is 0 Å². The van der Waals surface area contributed by atoms with E-state index in [2.05, 4.69) is 5.32 Å².